The Kier molecular flexibility index (Phi) is 6.13. The Morgan fingerprint density at radius 1 is 1.10 bits per heavy atom. The number of rotatable bonds is 7. The molecule has 1 rings (SSSR count). The molecule has 0 aliphatic carbocycles. The average molecular weight is 310 g/mol. The molecule has 0 radical (unpaired) electrons. The van der Waals surface area contributed by atoms with Crippen LogP contribution in [0, 0.1) is 0 Å². The van der Waals surface area contributed by atoms with Crippen LogP contribution in [0.1, 0.15) is 43.4 Å². The van der Waals surface area contributed by atoms with Gasteiger partial charge in [-0.1, -0.05) is 37.6 Å². The predicted octanol–water partition coefficient (Wildman–Crippen LogP) is 5.30. The SMILES string of the molecule is CCCCc1ccccc1C(CC(F)(F)C(F)(F)F)OC. The second kappa shape index (κ2) is 7.20. The van der Waals surface area contributed by atoms with Crippen LogP contribution in [0.2, 0.25) is 0 Å². The zero-order valence-electron chi connectivity index (χ0n) is 12.0. The number of benzene rings is 1. The monoisotopic (exact) mass is 310 g/mol. The number of hydrogen-bond acceptors (Lipinski definition) is 1. The van der Waals surface area contributed by atoms with Crippen molar-refractivity contribution in [3.8, 4) is 0 Å². The first kappa shape index (κ1) is 17.9. The topological polar surface area (TPSA) is 9.23 Å². The molecule has 1 atom stereocenters. The zero-order valence-corrected chi connectivity index (χ0v) is 12.0. The van der Waals surface area contributed by atoms with Crippen molar-refractivity contribution >= 4 is 0 Å². The molecule has 0 heterocycles. The van der Waals surface area contributed by atoms with Crippen LogP contribution in [0.25, 0.3) is 0 Å². The van der Waals surface area contributed by atoms with E-state index < -0.39 is 24.6 Å². The van der Waals surface area contributed by atoms with E-state index in [-0.39, 0.29) is 0 Å². The summed E-state index contributed by atoms with van der Waals surface area (Å²) in [4.78, 5) is 0. The maximum absolute atomic E-state index is 13.2. The first-order chi connectivity index (χ1) is 9.73. The van der Waals surface area contributed by atoms with E-state index >= 15 is 0 Å². The van der Waals surface area contributed by atoms with Crippen molar-refractivity contribution in [2.75, 3.05) is 7.11 Å². The fourth-order valence-electron chi connectivity index (χ4n) is 2.11. The van der Waals surface area contributed by atoms with Crippen LogP contribution in [0.5, 0.6) is 0 Å². The van der Waals surface area contributed by atoms with Crippen molar-refractivity contribution in [1.82, 2.24) is 0 Å². The standard InChI is InChI=1S/C15H19F5O/c1-3-4-7-11-8-5-6-9-12(11)13(21-2)10-14(16,17)15(18,19)20/h5-6,8-9,13H,3-4,7,10H2,1-2H3. The summed E-state index contributed by atoms with van der Waals surface area (Å²) in [5, 5.41) is 0. The maximum Gasteiger partial charge on any atom is 0.453 e. The fourth-order valence-corrected chi connectivity index (χ4v) is 2.11. The second-order valence-electron chi connectivity index (χ2n) is 4.93. The van der Waals surface area contributed by atoms with Gasteiger partial charge in [0.1, 0.15) is 0 Å². The summed E-state index contributed by atoms with van der Waals surface area (Å²) in [7, 11) is 1.15. The van der Waals surface area contributed by atoms with Crippen LogP contribution >= 0.6 is 0 Å². The van der Waals surface area contributed by atoms with E-state index in [4.69, 9.17) is 4.74 Å². The fraction of sp³-hybridized carbons (Fsp3) is 0.600. The summed E-state index contributed by atoms with van der Waals surface area (Å²) >= 11 is 0. The third kappa shape index (κ3) is 4.66. The number of ether oxygens (including phenoxy) is 1. The van der Waals surface area contributed by atoms with E-state index in [1.54, 1.807) is 24.3 Å². The highest BCUT2D eigenvalue weighted by atomic mass is 19.4. The molecule has 0 N–H and O–H groups in total. The van der Waals surface area contributed by atoms with Gasteiger partial charge >= 0.3 is 12.1 Å². The molecule has 1 aromatic rings. The van der Waals surface area contributed by atoms with Crippen LogP contribution < -0.4 is 0 Å². The molecule has 0 aliphatic rings. The quantitative estimate of drug-likeness (QED) is 0.621. The van der Waals surface area contributed by atoms with Crippen molar-refractivity contribution < 1.29 is 26.7 Å². The van der Waals surface area contributed by atoms with Gasteiger partial charge in [-0.25, -0.2) is 0 Å². The molecular weight excluding hydrogens is 291 g/mol. The van der Waals surface area contributed by atoms with Gasteiger partial charge in [0.05, 0.1) is 12.5 Å². The molecule has 6 heteroatoms. The van der Waals surface area contributed by atoms with Crippen LogP contribution in [-0.2, 0) is 11.2 Å². The average Bonchev–Trinajstić information content (AvgIpc) is 2.41. The summed E-state index contributed by atoms with van der Waals surface area (Å²) in [5.41, 5.74) is 1.15. The van der Waals surface area contributed by atoms with Crippen LogP contribution in [0.3, 0.4) is 0 Å². The lowest BCUT2D eigenvalue weighted by molar-refractivity contribution is -0.291. The maximum atomic E-state index is 13.2. The van der Waals surface area contributed by atoms with Gasteiger partial charge in [-0.15, -0.1) is 0 Å². The number of methoxy groups -OCH3 is 1. The molecule has 0 aromatic heterocycles. The Bertz CT molecular complexity index is 442. The largest absolute Gasteiger partial charge is 0.453 e. The van der Waals surface area contributed by atoms with Crippen LogP contribution in [0.4, 0.5) is 22.0 Å². The summed E-state index contributed by atoms with van der Waals surface area (Å²) in [6.45, 7) is 1.98. The van der Waals surface area contributed by atoms with Crippen LogP contribution in [0.15, 0.2) is 24.3 Å². The minimum Gasteiger partial charge on any atom is -0.377 e. The number of halogens is 5. The Labute approximate surface area is 121 Å². The van der Waals surface area contributed by atoms with Crippen molar-refractivity contribution in [2.45, 2.75) is 50.8 Å². The molecule has 1 aromatic carbocycles. The van der Waals surface area contributed by atoms with E-state index in [9.17, 15) is 22.0 Å². The molecule has 0 fully saturated rings. The Morgan fingerprint density at radius 3 is 2.24 bits per heavy atom. The lowest BCUT2D eigenvalue weighted by atomic mass is 9.94. The number of aryl methyl sites for hydroxylation is 1. The molecule has 0 spiro atoms. The highest BCUT2D eigenvalue weighted by Gasteiger charge is 2.58. The third-order valence-electron chi connectivity index (χ3n) is 3.34. The molecular formula is C15H19F5O. The van der Waals surface area contributed by atoms with E-state index in [0.717, 1.165) is 25.5 Å². The molecule has 1 unspecified atom stereocenters. The molecule has 0 amide bonds. The number of alkyl halides is 5. The molecule has 21 heavy (non-hydrogen) atoms. The lowest BCUT2D eigenvalue weighted by Crippen LogP contribution is -2.38. The van der Waals surface area contributed by atoms with E-state index in [0.29, 0.717) is 12.0 Å². The van der Waals surface area contributed by atoms with Gasteiger partial charge in [-0.3, -0.25) is 0 Å². The van der Waals surface area contributed by atoms with Crippen molar-refractivity contribution in [3.05, 3.63) is 35.4 Å². The summed E-state index contributed by atoms with van der Waals surface area (Å²) in [5.74, 6) is -4.77. The van der Waals surface area contributed by atoms with Crippen LogP contribution in [-0.4, -0.2) is 19.2 Å². The molecule has 1 nitrogen and oxygen atoms in total. The number of unbranched alkanes of at least 4 members (excludes halogenated alkanes) is 1. The van der Waals surface area contributed by atoms with Gasteiger partial charge in [0.15, 0.2) is 0 Å². The van der Waals surface area contributed by atoms with Crippen molar-refractivity contribution in [1.29, 1.82) is 0 Å². The normalized spacial score (nSPS) is 14.2. The molecule has 0 saturated carbocycles. The Balaban J connectivity index is 3.00. The van der Waals surface area contributed by atoms with Crippen molar-refractivity contribution in [2.24, 2.45) is 0 Å². The molecule has 120 valence electrons. The third-order valence-corrected chi connectivity index (χ3v) is 3.34. The lowest BCUT2D eigenvalue weighted by Gasteiger charge is -2.26. The van der Waals surface area contributed by atoms with Crippen molar-refractivity contribution in [3.63, 3.8) is 0 Å². The van der Waals surface area contributed by atoms with Gasteiger partial charge in [0.2, 0.25) is 0 Å². The molecule has 0 saturated heterocycles. The van der Waals surface area contributed by atoms with Gasteiger partial charge < -0.3 is 4.74 Å². The van der Waals surface area contributed by atoms with Gasteiger partial charge in [-0.05, 0) is 24.0 Å². The molecule has 0 aliphatic heterocycles. The van der Waals surface area contributed by atoms with E-state index in [1.165, 1.54) is 0 Å². The van der Waals surface area contributed by atoms with Gasteiger partial charge in [0, 0.05) is 7.11 Å². The highest BCUT2D eigenvalue weighted by Crippen LogP contribution is 2.43. The van der Waals surface area contributed by atoms with E-state index in [2.05, 4.69) is 0 Å². The Hall–Kier alpha value is -1.17. The minimum atomic E-state index is -5.57. The smallest absolute Gasteiger partial charge is 0.377 e. The van der Waals surface area contributed by atoms with Gasteiger partial charge in [-0.2, -0.15) is 22.0 Å². The zero-order chi connectivity index (χ0) is 16.1. The number of hydrogen-bond donors (Lipinski definition) is 0. The minimum absolute atomic E-state index is 0.400. The first-order valence-corrected chi connectivity index (χ1v) is 6.78. The summed E-state index contributed by atoms with van der Waals surface area (Å²) in [6.07, 6.45) is -5.88. The summed E-state index contributed by atoms with van der Waals surface area (Å²) < 4.78 is 68.4. The highest BCUT2D eigenvalue weighted by molar-refractivity contribution is 5.29. The predicted molar refractivity (Wildman–Crippen MR) is 70.4 cm³/mol. The first-order valence-electron chi connectivity index (χ1n) is 6.78. The molecule has 0 bridgehead atoms. The second-order valence-corrected chi connectivity index (χ2v) is 4.93. The van der Waals surface area contributed by atoms with Gasteiger partial charge in [0.25, 0.3) is 0 Å². The van der Waals surface area contributed by atoms with E-state index in [1.807, 2.05) is 6.92 Å². The summed E-state index contributed by atoms with van der Waals surface area (Å²) in [6, 6.07) is 6.64. The Morgan fingerprint density at radius 2 is 1.71 bits per heavy atom.